The molecule has 1 saturated heterocycles. The molecule has 0 aromatic heterocycles. The highest BCUT2D eigenvalue weighted by Crippen LogP contribution is 2.20. The third-order valence-corrected chi connectivity index (χ3v) is 5.21. The van der Waals surface area contributed by atoms with Crippen molar-refractivity contribution in [1.82, 2.24) is 4.31 Å². The maximum Gasteiger partial charge on any atom is 0.214 e. The number of hydrogen-bond acceptors (Lipinski definition) is 3. The van der Waals surface area contributed by atoms with Gasteiger partial charge in [-0.25, -0.2) is 8.42 Å². The molecule has 2 N–H and O–H groups in total. The summed E-state index contributed by atoms with van der Waals surface area (Å²) in [6.45, 7) is 3.12. The van der Waals surface area contributed by atoms with E-state index < -0.39 is 10.0 Å². The second-order valence-corrected chi connectivity index (χ2v) is 6.56. The van der Waals surface area contributed by atoms with Crippen LogP contribution >= 0.6 is 0 Å². The molecule has 1 fully saturated rings. The van der Waals surface area contributed by atoms with Gasteiger partial charge in [-0.3, -0.25) is 0 Å². The van der Waals surface area contributed by atoms with Gasteiger partial charge >= 0.3 is 0 Å². The lowest BCUT2D eigenvalue weighted by Gasteiger charge is -2.28. The highest BCUT2D eigenvalue weighted by Gasteiger charge is 2.29. The Balaban J connectivity index is 2.72. The Morgan fingerprint density at radius 3 is 2.69 bits per heavy atom. The number of nitrogens with zero attached hydrogens (tertiary/aromatic N) is 1. The first-order chi connectivity index (χ1) is 7.61. The minimum Gasteiger partial charge on any atom is -0.329 e. The molecule has 1 rings (SSSR count). The van der Waals surface area contributed by atoms with Gasteiger partial charge in [0.1, 0.15) is 0 Å². The Hall–Kier alpha value is -0.130. The van der Waals surface area contributed by atoms with Crippen molar-refractivity contribution >= 4 is 10.0 Å². The maximum atomic E-state index is 12.1. The molecule has 5 heteroatoms. The second kappa shape index (κ2) is 6.57. The summed E-state index contributed by atoms with van der Waals surface area (Å²) in [4.78, 5) is 0. The smallest absolute Gasteiger partial charge is 0.214 e. The second-order valence-electron chi connectivity index (χ2n) is 4.52. The molecule has 0 aromatic carbocycles. The Labute approximate surface area is 99.2 Å². The van der Waals surface area contributed by atoms with Crippen LogP contribution < -0.4 is 5.73 Å². The lowest BCUT2D eigenvalue weighted by atomic mass is 10.1. The van der Waals surface area contributed by atoms with Crippen LogP contribution in [-0.2, 0) is 10.0 Å². The van der Waals surface area contributed by atoms with Crippen LogP contribution in [0.2, 0.25) is 0 Å². The van der Waals surface area contributed by atoms with Crippen LogP contribution in [0, 0.1) is 0 Å². The molecular formula is C11H24N2O2S. The van der Waals surface area contributed by atoms with E-state index in [9.17, 15) is 8.42 Å². The van der Waals surface area contributed by atoms with Crippen LogP contribution in [0.5, 0.6) is 0 Å². The third kappa shape index (κ3) is 3.71. The van der Waals surface area contributed by atoms with E-state index in [2.05, 4.69) is 0 Å². The first kappa shape index (κ1) is 13.9. The fraction of sp³-hybridized carbons (Fsp3) is 1.00. The highest BCUT2D eigenvalue weighted by molar-refractivity contribution is 7.89. The molecule has 1 unspecified atom stereocenters. The molecule has 96 valence electrons. The summed E-state index contributed by atoms with van der Waals surface area (Å²) < 4.78 is 25.9. The van der Waals surface area contributed by atoms with Crippen molar-refractivity contribution in [2.45, 2.75) is 51.5 Å². The summed E-state index contributed by atoms with van der Waals surface area (Å²) in [5, 5.41) is 0. The number of rotatable bonds is 5. The predicted octanol–water partition coefficient (Wildman–Crippen LogP) is 1.32. The summed E-state index contributed by atoms with van der Waals surface area (Å²) in [5.41, 5.74) is 5.68. The lowest BCUT2D eigenvalue weighted by Crippen LogP contribution is -2.45. The SMILES string of the molecule is CCCCS(=O)(=O)N1CCCCCC1CN. The molecule has 0 saturated carbocycles. The van der Waals surface area contributed by atoms with Gasteiger partial charge in [0.05, 0.1) is 5.75 Å². The van der Waals surface area contributed by atoms with E-state index in [1.807, 2.05) is 6.92 Å². The first-order valence-electron chi connectivity index (χ1n) is 6.31. The summed E-state index contributed by atoms with van der Waals surface area (Å²) in [5.74, 6) is 0.278. The number of nitrogens with two attached hydrogens (primary N) is 1. The number of sulfonamides is 1. The zero-order chi connectivity index (χ0) is 12.0. The van der Waals surface area contributed by atoms with Crippen LogP contribution in [0.3, 0.4) is 0 Å². The van der Waals surface area contributed by atoms with Crippen molar-refractivity contribution in [1.29, 1.82) is 0 Å². The van der Waals surface area contributed by atoms with Gasteiger partial charge in [-0.1, -0.05) is 26.2 Å². The molecule has 0 bridgehead atoms. The largest absolute Gasteiger partial charge is 0.329 e. The molecular weight excluding hydrogens is 224 g/mol. The Bertz CT molecular complexity index is 290. The molecule has 1 aliphatic rings. The van der Waals surface area contributed by atoms with E-state index >= 15 is 0 Å². The van der Waals surface area contributed by atoms with Crippen molar-refractivity contribution < 1.29 is 8.42 Å². The molecule has 16 heavy (non-hydrogen) atoms. The average Bonchev–Trinajstić information content (AvgIpc) is 2.51. The third-order valence-electron chi connectivity index (χ3n) is 3.21. The average molecular weight is 248 g/mol. The minimum atomic E-state index is -3.08. The van der Waals surface area contributed by atoms with Crippen molar-refractivity contribution in [2.75, 3.05) is 18.8 Å². The molecule has 0 amide bonds. The van der Waals surface area contributed by atoms with Gasteiger partial charge in [-0.05, 0) is 19.3 Å². The van der Waals surface area contributed by atoms with Crippen molar-refractivity contribution in [3.8, 4) is 0 Å². The van der Waals surface area contributed by atoms with Crippen molar-refractivity contribution in [3.05, 3.63) is 0 Å². The van der Waals surface area contributed by atoms with Crippen molar-refractivity contribution in [2.24, 2.45) is 5.73 Å². The standard InChI is InChI=1S/C11H24N2O2S/c1-2-3-9-16(14,15)13-8-6-4-5-7-11(13)10-12/h11H,2-10,12H2,1H3. The monoisotopic (exact) mass is 248 g/mol. The quantitative estimate of drug-likeness (QED) is 0.798. The van der Waals surface area contributed by atoms with Gasteiger partial charge in [0.2, 0.25) is 10.0 Å². The van der Waals surface area contributed by atoms with E-state index in [4.69, 9.17) is 5.73 Å². The van der Waals surface area contributed by atoms with Crippen LogP contribution in [0.1, 0.15) is 45.4 Å². The molecule has 4 nitrogen and oxygen atoms in total. The van der Waals surface area contributed by atoms with Gasteiger partial charge in [-0.2, -0.15) is 4.31 Å². The molecule has 1 atom stereocenters. The fourth-order valence-corrected chi connectivity index (χ4v) is 4.14. The number of unbranched alkanes of at least 4 members (excludes halogenated alkanes) is 1. The molecule has 0 spiro atoms. The summed E-state index contributed by atoms with van der Waals surface area (Å²) in [6.07, 6.45) is 5.78. The summed E-state index contributed by atoms with van der Waals surface area (Å²) in [6, 6.07) is 0.0318. The Kier molecular flexibility index (Phi) is 5.72. The van der Waals surface area contributed by atoms with E-state index in [1.165, 1.54) is 0 Å². The van der Waals surface area contributed by atoms with Crippen molar-refractivity contribution in [3.63, 3.8) is 0 Å². The topological polar surface area (TPSA) is 63.4 Å². The Morgan fingerprint density at radius 1 is 1.31 bits per heavy atom. The van der Waals surface area contributed by atoms with E-state index in [0.29, 0.717) is 13.1 Å². The normalized spacial score (nSPS) is 24.2. The van der Waals surface area contributed by atoms with Crippen LogP contribution in [-0.4, -0.2) is 37.6 Å². The van der Waals surface area contributed by atoms with Gasteiger partial charge < -0.3 is 5.73 Å². The summed E-state index contributed by atoms with van der Waals surface area (Å²) in [7, 11) is -3.08. The lowest BCUT2D eigenvalue weighted by molar-refractivity contribution is 0.327. The van der Waals surface area contributed by atoms with E-state index in [-0.39, 0.29) is 11.8 Å². The van der Waals surface area contributed by atoms with Gasteiger partial charge in [0.25, 0.3) is 0 Å². The minimum absolute atomic E-state index is 0.0318. The predicted molar refractivity (Wildman–Crippen MR) is 66.7 cm³/mol. The van der Waals surface area contributed by atoms with Crippen LogP contribution in [0.25, 0.3) is 0 Å². The fourth-order valence-electron chi connectivity index (χ4n) is 2.20. The molecule has 0 aromatic rings. The number of hydrogen-bond donors (Lipinski definition) is 1. The molecule has 0 radical (unpaired) electrons. The van der Waals surface area contributed by atoms with Gasteiger partial charge in [0.15, 0.2) is 0 Å². The van der Waals surface area contributed by atoms with E-state index in [1.54, 1.807) is 4.31 Å². The first-order valence-corrected chi connectivity index (χ1v) is 7.92. The zero-order valence-corrected chi connectivity index (χ0v) is 11.0. The van der Waals surface area contributed by atoms with Crippen LogP contribution in [0.4, 0.5) is 0 Å². The zero-order valence-electron chi connectivity index (χ0n) is 10.2. The molecule has 0 aliphatic carbocycles. The highest BCUT2D eigenvalue weighted by atomic mass is 32.2. The maximum absolute atomic E-state index is 12.1. The molecule has 1 heterocycles. The van der Waals surface area contributed by atoms with Crippen LogP contribution in [0.15, 0.2) is 0 Å². The Morgan fingerprint density at radius 2 is 2.06 bits per heavy atom. The van der Waals surface area contributed by atoms with Gasteiger partial charge in [-0.15, -0.1) is 0 Å². The van der Waals surface area contributed by atoms with E-state index in [0.717, 1.165) is 38.5 Å². The van der Waals surface area contributed by atoms with Gasteiger partial charge in [0, 0.05) is 19.1 Å². The summed E-state index contributed by atoms with van der Waals surface area (Å²) >= 11 is 0. The molecule has 1 aliphatic heterocycles.